The van der Waals surface area contributed by atoms with Crippen LogP contribution in [-0.2, 0) is 0 Å². The monoisotopic (exact) mass is 313 g/mol. The summed E-state index contributed by atoms with van der Waals surface area (Å²) in [5.74, 6) is 0. The van der Waals surface area contributed by atoms with Gasteiger partial charge in [0.25, 0.3) is 0 Å². The molecule has 4 heterocycles. The average Bonchev–Trinajstić information content (AvgIpc) is 2.99. The van der Waals surface area contributed by atoms with E-state index in [0.29, 0.717) is 0 Å². The SMILES string of the molecule is c1ccc2nc(-c3cc4c(cn3)sc3ncccc34)ccc2c1. The zero-order chi connectivity index (χ0) is 15.2. The number of thiophene rings is 1. The fourth-order valence-electron chi connectivity index (χ4n) is 2.86. The topological polar surface area (TPSA) is 38.7 Å². The number of rotatable bonds is 1. The summed E-state index contributed by atoms with van der Waals surface area (Å²) in [7, 11) is 0. The van der Waals surface area contributed by atoms with Crippen LogP contribution in [0.4, 0.5) is 0 Å². The molecule has 4 aromatic heterocycles. The molecule has 0 unspecified atom stereocenters. The molecule has 0 bridgehead atoms. The molecule has 0 N–H and O–H groups in total. The van der Waals surface area contributed by atoms with Gasteiger partial charge in [0.05, 0.1) is 21.6 Å². The standard InChI is InChI=1S/C19H11N3S/c1-2-6-15-12(4-1)7-8-16(22-15)17-10-14-13-5-3-9-20-19(13)23-18(14)11-21-17/h1-11H. The fraction of sp³-hybridized carbons (Fsp3) is 0. The predicted octanol–water partition coefficient (Wildman–Crippen LogP) is 5.06. The maximum Gasteiger partial charge on any atom is 0.124 e. The molecule has 0 fully saturated rings. The average molecular weight is 313 g/mol. The molecule has 0 spiro atoms. The summed E-state index contributed by atoms with van der Waals surface area (Å²) >= 11 is 1.67. The Hall–Kier alpha value is -2.85. The van der Waals surface area contributed by atoms with Crippen molar-refractivity contribution in [3.8, 4) is 11.4 Å². The minimum atomic E-state index is 0.895. The molecule has 0 amide bonds. The second-order valence-electron chi connectivity index (χ2n) is 5.41. The molecular weight excluding hydrogens is 302 g/mol. The molecule has 0 aliphatic rings. The molecule has 3 nitrogen and oxygen atoms in total. The van der Waals surface area contributed by atoms with Gasteiger partial charge in [0.2, 0.25) is 0 Å². The number of benzene rings is 1. The quantitative estimate of drug-likeness (QED) is 0.434. The normalized spacial score (nSPS) is 11.5. The number of pyridine rings is 3. The van der Waals surface area contributed by atoms with Gasteiger partial charge < -0.3 is 0 Å². The van der Waals surface area contributed by atoms with E-state index < -0.39 is 0 Å². The third-order valence-electron chi connectivity index (χ3n) is 4.00. The first kappa shape index (κ1) is 12.7. The van der Waals surface area contributed by atoms with E-state index in [2.05, 4.69) is 34.2 Å². The van der Waals surface area contributed by atoms with E-state index in [0.717, 1.165) is 31.8 Å². The molecule has 4 heteroatoms. The molecule has 0 radical (unpaired) electrons. The molecule has 23 heavy (non-hydrogen) atoms. The molecule has 108 valence electrons. The van der Waals surface area contributed by atoms with E-state index >= 15 is 0 Å². The van der Waals surface area contributed by atoms with Crippen molar-refractivity contribution in [1.29, 1.82) is 0 Å². The zero-order valence-corrected chi connectivity index (χ0v) is 12.9. The maximum absolute atomic E-state index is 4.74. The van der Waals surface area contributed by atoms with Crippen LogP contribution in [0, 0.1) is 0 Å². The second kappa shape index (κ2) is 4.83. The highest BCUT2D eigenvalue weighted by atomic mass is 32.1. The third kappa shape index (κ3) is 1.99. The van der Waals surface area contributed by atoms with E-state index in [1.165, 1.54) is 10.8 Å². The number of para-hydroxylation sites is 1. The lowest BCUT2D eigenvalue weighted by Crippen LogP contribution is -1.87. The van der Waals surface area contributed by atoms with Crippen LogP contribution >= 0.6 is 11.3 Å². The Morgan fingerprint density at radius 3 is 2.74 bits per heavy atom. The summed E-state index contributed by atoms with van der Waals surface area (Å²) < 4.78 is 1.16. The number of hydrogen-bond acceptors (Lipinski definition) is 4. The minimum absolute atomic E-state index is 0.895. The van der Waals surface area contributed by atoms with E-state index in [-0.39, 0.29) is 0 Å². The van der Waals surface area contributed by atoms with Crippen molar-refractivity contribution in [1.82, 2.24) is 15.0 Å². The summed E-state index contributed by atoms with van der Waals surface area (Å²) in [5, 5.41) is 3.51. The fourth-order valence-corrected chi connectivity index (χ4v) is 3.86. The summed E-state index contributed by atoms with van der Waals surface area (Å²) in [4.78, 5) is 14.8. The highest BCUT2D eigenvalue weighted by molar-refractivity contribution is 7.25. The first-order valence-electron chi connectivity index (χ1n) is 7.38. The van der Waals surface area contributed by atoms with Gasteiger partial charge in [0.1, 0.15) is 4.83 Å². The van der Waals surface area contributed by atoms with Crippen LogP contribution in [0.1, 0.15) is 0 Å². The Bertz CT molecular complexity index is 1180. The molecule has 0 aliphatic carbocycles. The first-order valence-corrected chi connectivity index (χ1v) is 8.19. The van der Waals surface area contributed by atoms with Crippen LogP contribution in [-0.4, -0.2) is 15.0 Å². The Kier molecular flexibility index (Phi) is 2.66. The van der Waals surface area contributed by atoms with Crippen molar-refractivity contribution in [2.75, 3.05) is 0 Å². The second-order valence-corrected chi connectivity index (χ2v) is 6.44. The lowest BCUT2D eigenvalue weighted by Gasteiger charge is -2.03. The van der Waals surface area contributed by atoms with E-state index in [4.69, 9.17) is 4.98 Å². The Morgan fingerprint density at radius 2 is 1.74 bits per heavy atom. The molecular formula is C19H11N3S. The van der Waals surface area contributed by atoms with Crippen LogP contribution in [0.3, 0.4) is 0 Å². The van der Waals surface area contributed by atoms with Gasteiger partial charge in [-0.2, -0.15) is 0 Å². The molecule has 1 aromatic carbocycles. The van der Waals surface area contributed by atoms with Gasteiger partial charge in [-0.25, -0.2) is 9.97 Å². The van der Waals surface area contributed by atoms with E-state index in [1.807, 2.05) is 42.7 Å². The Labute approximate surface area is 136 Å². The van der Waals surface area contributed by atoms with Crippen LogP contribution in [0.15, 0.2) is 67.0 Å². The Morgan fingerprint density at radius 1 is 0.783 bits per heavy atom. The number of hydrogen-bond donors (Lipinski definition) is 0. The largest absolute Gasteiger partial charge is 0.253 e. The molecule has 0 saturated heterocycles. The summed E-state index contributed by atoms with van der Waals surface area (Å²) in [5.41, 5.74) is 2.78. The molecule has 0 saturated carbocycles. The van der Waals surface area contributed by atoms with Crippen LogP contribution in [0.5, 0.6) is 0 Å². The minimum Gasteiger partial charge on any atom is -0.253 e. The van der Waals surface area contributed by atoms with Gasteiger partial charge in [-0.05, 0) is 30.3 Å². The predicted molar refractivity (Wildman–Crippen MR) is 95.7 cm³/mol. The van der Waals surface area contributed by atoms with Crippen molar-refractivity contribution in [3.05, 3.63) is 67.0 Å². The third-order valence-corrected chi connectivity index (χ3v) is 5.06. The van der Waals surface area contributed by atoms with Gasteiger partial charge in [-0.15, -0.1) is 11.3 Å². The maximum atomic E-state index is 4.74. The number of fused-ring (bicyclic) bond motifs is 4. The molecule has 0 aliphatic heterocycles. The van der Waals surface area contributed by atoms with Crippen LogP contribution < -0.4 is 0 Å². The van der Waals surface area contributed by atoms with Gasteiger partial charge in [-0.3, -0.25) is 4.98 Å². The van der Waals surface area contributed by atoms with Gasteiger partial charge >= 0.3 is 0 Å². The summed E-state index contributed by atoms with van der Waals surface area (Å²) in [6.07, 6.45) is 3.75. The van der Waals surface area contributed by atoms with Gasteiger partial charge in [-0.1, -0.05) is 24.3 Å². The zero-order valence-electron chi connectivity index (χ0n) is 12.1. The lowest BCUT2D eigenvalue weighted by molar-refractivity contribution is 1.30. The van der Waals surface area contributed by atoms with Crippen molar-refractivity contribution in [3.63, 3.8) is 0 Å². The molecule has 5 rings (SSSR count). The van der Waals surface area contributed by atoms with E-state index in [1.54, 1.807) is 11.3 Å². The van der Waals surface area contributed by atoms with Crippen molar-refractivity contribution in [2.24, 2.45) is 0 Å². The summed E-state index contributed by atoms with van der Waals surface area (Å²) in [6.45, 7) is 0. The smallest absolute Gasteiger partial charge is 0.124 e. The van der Waals surface area contributed by atoms with Gasteiger partial charge in [0.15, 0.2) is 0 Å². The highest BCUT2D eigenvalue weighted by Gasteiger charge is 2.09. The number of aromatic nitrogens is 3. The van der Waals surface area contributed by atoms with Crippen molar-refractivity contribution < 1.29 is 0 Å². The lowest BCUT2D eigenvalue weighted by atomic mass is 10.1. The molecule has 5 aromatic rings. The Balaban J connectivity index is 1.76. The van der Waals surface area contributed by atoms with Gasteiger partial charge in [0, 0.05) is 28.6 Å². The van der Waals surface area contributed by atoms with Crippen LogP contribution in [0.2, 0.25) is 0 Å². The van der Waals surface area contributed by atoms with Crippen molar-refractivity contribution in [2.45, 2.75) is 0 Å². The summed E-state index contributed by atoms with van der Waals surface area (Å²) in [6, 6.07) is 18.5. The number of nitrogens with zero attached hydrogens (tertiary/aromatic N) is 3. The molecule has 0 atom stereocenters. The van der Waals surface area contributed by atoms with Crippen LogP contribution in [0.25, 0.3) is 42.6 Å². The first-order chi connectivity index (χ1) is 11.4. The van der Waals surface area contributed by atoms with E-state index in [9.17, 15) is 0 Å². The highest BCUT2D eigenvalue weighted by Crippen LogP contribution is 2.33. The van der Waals surface area contributed by atoms with Crippen molar-refractivity contribution >= 4 is 42.5 Å².